The number of nitrogens with one attached hydrogen (secondary N) is 1. The molecule has 1 aliphatic rings. The van der Waals surface area contributed by atoms with Gasteiger partial charge in [-0.2, -0.15) is 5.10 Å². The van der Waals surface area contributed by atoms with Crippen LogP contribution in [0.15, 0.2) is 60.8 Å². The van der Waals surface area contributed by atoms with Gasteiger partial charge in [-0.25, -0.2) is 0 Å². The Labute approximate surface area is 176 Å². The van der Waals surface area contributed by atoms with Crippen molar-refractivity contribution >= 4 is 18.3 Å². The van der Waals surface area contributed by atoms with Crippen LogP contribution in [0.3, 0.4) is 0 Å². The van der Waals surface area contributed by atoms with Crippen LogP contribution >= 0.6 is 12.4 Å². The van der Waals surface area contributed by atoms with Gasteiger partial charge in [0, 0.05) is 24.6 Å². The van der Waals surface area contributed by atoms with Gasteiger partial charge in [-0.1, -0.05) is 30.3 Å². The summed E-state index contributed by atoms with van der Waals surface area (Å²) in [6, 6.07) is 17.9. The molecular weight excluding hydrogens is 388 g/mol. The molecule has 0 radical (unpaired) electrons. The smallest absolute Gasteiger partial charge is 0.257 e. The predicted molar refractivity (Wildman–Crippen MR) is 115 cm³/mol. The molecule has 6 nitrogen and oxygen atoms in total. The second kappa shape index (κ2) is 9.11. The molecule has 0 bridgehead atoms. The molecule has 29 heavy (non-hydrogen) atoms. The van der Waals surface area contributed by atoms with Crippen molar-refractivity contribution in [1.29, 1.82) is 0 Å². The van der Waals surface area contributed by atoms with E-state index in [1.165, 1.54) is 5.56 Å². The van der Waals surface area contributed by atoms with E-state index in [4.69, 9.17) is 10.5 Å². The van der Waals surface area contributed by atoms with Crippen LogP contribution in [0, 0.1) is 5.92 Å². The average Bonchev–Trinajstić information content (AvgIpc) is 3.41. The van der Waals surface area contributed by atoms with Gasteiger partial charge in [0.1, 0.15) is 5.75 Å². The van der Waals surface area contributed by atoms with Crippen LogP contribution < -0.4 is 10.5 Å². The first kappa shape index (κ1) is 20.9. The number of nitrogens with zero attached hydrogens (tertiary/aromatic N) is 2. The fourth-order valence-corrected chi connectivity index (χ4v) is 3.95. The zero-order valence-corrected chi connectivity index (χ0v) is 17.1. The molecule has 0 aliphatic carbocycles. The average molecular weight is 413 g/mol. The number of hydrogen-bond donors (Lipinski definition) is 2. The Morgan fingerprint density at radius 2 is 1.90 bits per heavy atom. The van der Waals surface area contributed by atoms with E-state index in [-0.39, 0.29) is 30.2 Å². The van der Waals surface area contributed by atoms with E-state index in [1.807, 2.05) is 47.4 Å². The third-order valence-electron chi connectivity index (χ3n) is 5.51. The SMILES string of the molecule is COc1ccc(-c2[nH]ncc2C(=O)N2C[C@@H](CN)[C@H](c3ccccc3)C2)cc1.Cl. The predicted octanol–water partition coefficient (Wildman–Crippen LogP) is 3.32. The van der Waals surface area contributed by atoms with E-state index in [0.29, 0.717) is 25.2 Å². The Hall–Kier alpha value is -2.83. The minimum Gasteiger partial charge on any atom is -0.497 e. The molecule has 2 aromatic carbocycles. The molecule has 2 atom stereocenters. The molecule has 1 amide bonds. The van der Waals surface area contributed by atoms with E-state index >= 15 is 0 Å². The highest BCUT2D eigenvalue weighted by molar-refractivity contribution is 6.00. The molecule has 0 spiro atoms. The molecule has 1 aliphatic heterocycles. The van der Waals surface area contributed by atoms with Crippen molar-refractivity contribution in [2.24, 2.45) is 11.7 Å². The summed E-state index contributed by atoms with van der Waals surface area (Å²) in [5.74, 6) is 1.26. The van der Waals surface area contributed by atoms with Crippen LogP contribution in [0.5, 0.6) is 5.75 Å². The molecule has 4 rings (SSSR count). The quantitative estimate of drug-likeness (QED) is 0.673. The Bertz CT molecular complexity index is 943. The Kier molecular flexibility index (Phi) is 6.56. The topological polar surface area (TPSA) is 84.2 Å². The number of aromatic amines is 1. The number of hydrogen-bond acceptors (Lipinski definition) is 4. The summed E-state index contributed by atoms with van der Waals surface area (Å²) in [4.78, 5) is 15.2. The number of ether oxygens (including phenoxy) is 1. The van der Waals surface area contributed by atoms with Crippen LogP contribution in [0.4, 0.5) is 0 Å². The van der Waals surface area contributed by atoms with Crippen LogP contribution in [0.1, 0.15) is 21.8 Å². The standard InChI is InChI=1S/C22H24N4O2.ClH/c1-28-18-9-7-16(8-10-18)21-19(12-24-25-21)22(27)26-13-17(11-23)20(14-26)15-5-3-2-4-6-15;/h2-10,12,17,20H,11,13-14,23H2,1H3,(H,24,25);1H/t17-,20+;/m1./s1. The second-order valence-electron chi connectivity index (χ2n) is 7.11. The molecule has 3 aromatic rings. The minimum atomic E-state index is -0.0172. The Morgan fingerprint density at radius 3 is 2.55 bits per heavy atom. The van der Waals surface area contributed by atoms with Gasteiger partial charge in [0.2, 0.25) is 0 Å². The van der Waals surface area contributed by atoms with Crippen molar-refractivity contribution in [3.8, 4) is 17.0 Å². The van der Waals surface area contributed by atoms with Gasteiger partial charge in [-0.15, -0.1) is 12.4 Å². The molecule has 0 unspecified atom stereocenters. The third-order valence-corrected chi connectivity index (χ3v) is 5.51. The summed E-state index contributed by atoms with van der Waals surface area (Å²) in [6.45, 7) is 1.88. The fourth-order valence-electron chi connectivity index (χ4n) is 3.95. The summed E-state index contributed by atoms with van der Waals surface area (Å²) >= 11 is 0. The van der Waals surface area contributed by atoms with Crippen molar-refractivity contribution < 1.29 is 9.53 Å². The monoisotopic (exact) mass is 412 g/mol. The van der Waals surface area contributed by atoms with E-state index in [1.54, 1.807) is 13.3 Å². The number of H-pyrrole nitrogens is 1. The zero-order chi connectivity index (χ0) is 19.5. The van der Waals surface area contributed by atoms with Crippen molar-refractivity contribution in [2.45, 2.75) is 5.92 Å². The molecule has 7 heteroatoms. The lowest BCUT2D eigenvalue weighted by molar-refractivity contribution is 0.0787. The summed E-state index contributed by atoms with van der Waals surface area (Å²) in [6.07, 6.45) is 1.61. The van der Waals surface area contributed by atoms with Gasteiger partial charge in [0.15, 0.2) is 0 Å². The van der Waals surface area contributed by atoms with Crippen molar-refractivity contribution in [2.75, 3.05) is 26.7 Å². The maximum atomic E-state index is 13.3. The zero-order valence-electron chi connectivity index (χ0n) is 16.2. The van der Waals surface area contributed by atoms with Gasteiger partial charge < -0.3 is 15.4 Å². The highest BCUT2D eigenvalue weighted by Crippen LogP contribution is 2.34. The van der Waals surface area contributed by atoms with E-state index < -0.39 is 0 Å². The number of amides is 1. The Balaban J connectivity index is 0.00000240. The first-order valence-corrected chi connectivity index (χ1v) is 9.43. The van der Waals surface area contributed by atoms with Crippen molar-refractivity contribution in [1.82, 2.24) is 15.1 Å². The lowest BCUT2D eigenvalue weighted by Gasteiger charge is -2.17. The second-order valence-corrected chi connectivity index (χ2v) is 7.11. The van der Waals surface area contributed by atoms with Crippen LogP contribution in [-0.2, 0) is 0 Å². The number of nitrogens with two attached hydrogens (primary N) is 1. The molecule has 0 saturated carbocycles. The number of carbonyl (C=O) groups excluding carboxylic acids is 1. The molecule has 1 aromatic heterocycles. The minimum absolute atomic E-state index is 0. The lowest BCUT2D eigenvalue weighted by Crippen LogP contribution is -2.30. The van der Waals surface area contributed by atoms with Gasteiger partial charge in [-0.05, 0) is 42.3 Å². The number of halogens is 1. The van der Waals surface area contributed by atoms with E-state index in [2.05, 4.69) is 22.3 Å². The van der Waals surface area contributed by atoms with Gasteiger partial charge >= 0.3 is 0 Å². The number of methoxy groups -OCH3 is 1. The molecule has 3 N–H and O–H groups in total. The van der Waals surface area contributed by atoms with Crippen LogP contribution in [-0.4, -0.2) is 47.7 Å². The van der Waals surface area contributed by atoms with Gasteiger partial charge in [0.05, 0.1) is 24.6 Å². The van der Waals surface area contributed by atoms with E-state index in [0.717, 1.165) is 17.0 Å². The number of likely N-dealkylation sites (tertiary alicyclic amines) is 1. The summed E-state index contributed by atoms with van der Waals surface area (Å²) < 4.78 is 5.21. The summed E-state index contributed by atoms with van der Waals surface area (Å²) in [7, 11) is 1.63. The van der Waals surface area contributed by atoms with Crippen molar-refractivity contribution in [3.63, 3.8) is 0 Å². The van der Waals surface area contributed by atoms with Crippen molar-refractivity contribution in [3.05, 3.63) is 71.9 Å². The van der Waals surface area contributed by atoms with Gasteiger partial charge in [-0.3, -0.25) is 9.89 Å². The largest absolute Gasteiger partial charge is 0.497 e. The van der Waals surface area contributed by atoms with E-state index in [9.17, 15) is 4.79 Å². The fraction of sp³-hybridized carbons (Fsp3) is 0.273. The maximum absolute atomic E-state index is 13.3. The highest BCUT2D eigenvalue weighted by Gasteiger charge is 2.36. The first-order valence-electron chi connectivity index (χ1n) is 9.43. The van der Waals surface area contributed by atoms with Gasteiger partial charge in [0.25, 0.3) is 5.91 Å². The first-order chi connectivity index (χ1) is 13.7. The Morgan fingerprint density at radius 1 is 1.17 bits per heavy atom. The maximum Gasteiger partial charge on any atom is 0.257 e. The summed E-state index contributed by atoms with van der Waals surface area (Å²) in [5.41, 5.74) is 9.45. The number of carbonyl (C=O) groups is 1. The highest BCUT2D eigenvalue weighted by atomic mass is 35.5. The molecule has 2 heterocycles. The lowest BCUT2D eigenvalue weighted by atomic mass is 9.89. The molecule has 1 saturated heterocycles. The number of rotatable bonds is 5. The number of aromatic nitrogens is 2. The molecule has 152 valence electrons. The molecule has 1 fully saturated rings. The van der Waals surface area contributed by atoms with Crippen LogP contribution in [0.25, 0.3) is 11.3 Å². The molecular formula is C22H25ClN4O2. The summed E-state index contributed by atoms with van der Waals surface area (Å²) in [5, 5.41) is 7.09. The normalized spacial score (nSPS) is 18.3. The third kappa shape index (κ3) is 4.13. The number of benzene rings is 2. The van der Waals surface area contributed by atoms with Crippen LogP contribution in [0.2, 0.25) is 0 Å².